The highest BCUT2D eigenvalue weighted by Crippen LogP contribution is 2.44. The average molecular weight is 398 g/mol. The summed E-state index contributed by atoms with van der Waals surface area (Å²) < 4.78 is 0. The molecule has 0 aromatic carbocycles. The molecule has 3 aliphatic heterocycles. The van der Waals surface area contributed by atoms with Crippen molar-refractivity contribution in [2.75, 3.05) is 19.6 Å². The highest BCUT2D eigenvalue weighted by Gasteiger charge is 2.48. The Bertz CT molecular complexity index is 764. The fourth-order valence-corrected chi connectivity index (χ4v) is 6.89. The van der Waals surface area contributed by atoms with E-state index in [-0.39, 0.29) is 11.5 Å². The average Bonchev–Trinajstić information content (AvgIpc) is 2.77. The van der Waals surface area contributed by atoms with Crippen LogP contribution < -0.4 is 5.56 Å². The monoisotopic (exact) mass is 397 g/mol. The van der Waals surface area contributed by atoms with E-state index >= 15 is 0 Å². The molecule has 3 saturated heterocycles. The fourth-order valence-electron chi connectivity index (χ4n) is 6.89. The lowest BCUT2D eigenvalue weighted by Crippen LogP contribution is -2.64. The molecule has 5 nitrogen and oxygen atoms in total. The van der Waals surface area contributed by atoms with E-state index in [4.69, 9.17) is 0 Å². The molecule has 1 saturated carbocycles. The number of hydrogen-bond acceptors (Lipinski definition) is 3. The van der Waals surface area contributed by atoms with Crippen molar-refractivity contribution in [3.63, 3.8) is 0 Å². The van der Waals surface area contributed by atoms with Gasteiger partial charge in [0.25, 0.3) is 5.91 Å². The minimum absolute atomic E-state index is 0.0941. The molecule has 158 valence electrons. The van der Waals surface area contributed by atoms with Gasteiger partial charge in [-0.2, -0.15) is 0 Å². The zero-order valence-electron chi connectivity index (χ0n) is 17.5. The first-order valence-corrected chi connectivity index (χ1v) is 11.9. The summed E-state index contributed by atoms with van der Waals surface area (Å²) in [6.45, 7) is 3.03. The minimum Gasteiger partial charge on any atom is -0.338 e. The van der Waals surface area contributed by atoms with Gasteiger partial charge in [0.2, 0.25) is 5.56 Å². The van der Waals surface area contributed by atoms with Crippen molar-refractivity contribution in [2.24, 2.45) is 17.8 Å². The zero-order chi connectivity index (χ0) is 19.8. The number of hydrogen-bond donors (Lipinski definition) is 1. The van der Waals surface area contributed by atoms with Gasteiger partial charge in [-0.25, -0.2) is 0 Å². The molecule has 4 fully saturated rings. The van der Waals surface area contributed by atoms with Crippen LogP contribution in [0.3, 0.4) is 0 Å². The molecule has 1 aromatic rings. The number of carbonyl (C=O) groups is 1. The molecule has 4 heterocycles. The number of amides is 1. The van der Waals surface area contributed by atoms with Gasteiger partial charge >= 0.3 is 0 Å². The molecule has 1 aromatic heterocycles. The maximum atomic E-state index is 13.2. The van der Waals surface area contributed by atoms with Gasteiger partial charge in [-0.05, 0) is 56.0 Å². The molecule has 2 bridgehead atoms. The molecule has 1 N–H and O–H groups in total. The number of fused-ring (bicyclic) bond motifs is 4. The van der Waals surface area contributed by atoms with E-state index in [2.05, 4.69) is 14.8 Å². The van der Waals surface area contributed by atoms with Gasteiger partial charge in [0, 0.05) is 37.4 Å². The second kappa shape index (κ2) is 8.25. The Labute approximate surface area is 173 Å². The molecule has 0 radical (unpaired) electrons. The number of nitrogens with one attached hydrogen (secondary N) is 1. The number of rotatable bonds is 3. The summed E-state index contributed by atoms with van der Waals surface area (Å²) in [5, 5.41) is 0. The summed E-state index contributed by atoms with van der Waals surface area (Å²) in [4.78, 5) is 32.2. The van der Waals surface area contributed by atoms with Crippen LogP contribution in [0.2, 0.25) is 0 Å². The Hall–Kier alpha value is -1.62. The first kappa shape index (κ1) is 19.3. The summed E-state index contributed by atoms with van der Waals surface area (Å²) in [7, 11) is 0. The number of likely N-dealkylation sites (tertiary alicyclic amines) is 1. The summed E-state index contributed by atoms with van der Waals surface area (Å²) >= 11 is 0. The van der Waals surface area contributed by atoms with Gasteiger partial charge in [-0.15, -0.1) is 0 Å². The molecule has 5 heteroatoms. The van der Waals surface area contributed by atoms with Gasteiger partial charge in [0.1, 0.15) is 0 Å². The van der Waals surface area contributed by atoms with Crippen molar-refractivity contribution in [1.29, 1.82) is 0 Å². The van der Waals surface area contributed by atoms with Crippen LogP contribution in [-0.4, -0.2) is 52.4 Å². The number of carbonyl (C=O) groups excluding carboxylic acids is 1. The number of aromatic nitrogens is 1. The Morgan fingerprint density at radius 1 is 1.00 bits per heavy atom. The molecule has 1 amide bonds. The quantitative estimate of drug-likeness (QED) is 0.847. The van der Waals surface area contributed by atoms with Gasteiger partial charge in [0.05, 0.1) is 5.56 Å². The molecule has 0 unspecified atom stereocenters. The van der Waals surface area contributed by atoms with Crippen LogP contribution in [0.5, 0.6) is 0 Å². The molecule has 4 atom stereocenters. The summed E-state index contributed by atoms with van der Waals surface area (Å²) in [6.07, 6.45) is 15.3. The van der Waals surface area contributed by atoms with Crippen LogP contribution in [-0.2, 0) is 0 Å². The van der Waals surface area contributed by atoms with Crippen LogP contribution in [0.25, 0.3) is 0 Å². The molecule has 0 spiro atoms. The standard InChI is InChI=1S/C24H35N3O2/c28-23-10-9-18(14-25-23)24(29)26-15-19-13-20(16-26)22(12-17-6-2-1-3-7-17)27-11-5-4-8-21(19)27/h9-10,14,17,19-22H,1-8,11-13,15-16H2,(H,25,28)/t19-,20+,21+,22+/m1/s1. The van der Waals surface area contributed by atoms with Crippen LogP contribution >= 0.6 is 0 Å². The van der Waals surface area contributed by atoms with Crippen molar-refractivity contribution in [2.45, 2.75) is 76.3 Å². The second-order valence-corrected chi connectivity index (χ2v) is 10.0. The number of piperidine rings is 3. The maximum Gasteiger partial charge on any atom is 0.255 e. The molecule has 4 aliphatic rings. The lowest BCUT2D eigenvalue weighted by Gasteiger charge is -2.57. The third kappa shape index (κ3) is 3.90. The van der Waals surface area contributed by atoms with Crippen LogP contribution in [0, 0.1) is 17.8 Å². The predicted octanol–water partition coefficient (Wildman–Crippen LogP) is 3.66. The van der Waals surface area contributed by atoms with Crippen molar-refractivity contribution in [1.82, 2.24) is 14.8 Å². The van der Waals surface area contributed by atoms with Gasteiger partial charge in [-0.3, -0.25) is 14.5 Å². The first-order valence-electron chi connectivity index (χ1n) is 11.9. The largest absolute Gasteiger partial charge is 0.338 e. The van der Waals surface area contributed by atoms with E-state index in [1.807, 2.05) is 0 Å². The molecule has 29 heavy (non-hydrogen) atoms. The number of aromatic amines is 1. The SMILES string of the molecule is O=C(c1ccc(=O)[nH]c1)N1C[C@H]2C[C@@H](C1)[C@H](CC1CCCCC1)N1CCCC[C@@H]21. The molecule has 1 aliphatic carbocycles. The van der Waals surface area contributed by atoms with Gasteiger partial charge < -0.3 is 9.88 Å². The number of H-pyrrole nitrogens is 1. The summed E-state index contributed by atoms with van der Waals surface area (Å²) in [5.74, 6) is 2.20. The highest BCUT2D eigenvalue weighted by molar-refractivity contribution is 5.94. The fraction of sp³-hybridized carbons (Fsp3) is 0.750. The topological polar surface area (TPSA) is 56.4 Å². The minimum atomic E-state index is -0.151. The van der Waals surface area contributed by atoms with Crippen LogP contribution in [0.1, 0.15) is 74.6 Å². The normalized spacial score (nSPS) is 33.3. The Morgan fingerprint density at radius 3 is 2.59 bits per heavy atom. The lowest BCUT2D eigenvalue weighted by molar-refractivity contribution is -0.0725. The number of pyridine rings is 1. The third-order valence-electron chi connectivity index (χ3n) is 8.24. The van der Waals surface area contributed by atoms with Crippen LogP contribution in [0.4, 0.5) is 0 Å². The zero-order valence-corrected chi connectivity index (χ0v) is 17.5. The number of nitrogens with zero attached hydrogens (tertiary/aromatic N) is 2. The smallest absolute Gasteiger partial charge is 0.255 e. The molecule has 5 rings (SSSR count). The lowest BCUT2D eigenvalue weighted by atomic mass is 9.69. The predicted molar refractivity (Wildman–Crippen MR) is 114 cm³/mol. The first-order chi connectivity index (χ1) is 14.2. The van der Waals surface area contributed by atoms with Crippen LogP contribution in [0.15, 0.2) is 23.1 Å². The maximum absolute atomic E-state index is 13.2. The Kier molecular flexibility index (Phi) is 5.51. The van der Waals surface area contributed by atoms with Crippen molar-refractivity contribution in [3.8, 4) is 0 Å². The molecular weight excluding hydrogens is 362 g/mol. The molecular formula is C24H35N3O2. The second-order valence-electron chi connectivity index (χ2n) is 10.0. The Balaban J connectivity index is 1.36. The third-order valence-corrected chi connectivity index (χ3v) is 8.24. The van der Waals surface area contributed by atoms with E-state index in [9.17, 15) is 9.59 Å². The van der Waals surface area contributed by atoms with E-state index in [0.717, 1.165) is 19.0 Å². The summed E-state index contributed by atoms with van der Waals surface area (Å²) in [6, 6.07) is 4.47. The van der Waals surface area contributed by atoms with E-state index in [0.29, 0.717) is 29.5 Å². The van der Waals surface area contributed by atoms with Crippen molar-refractivity contribution >= 4 is 5.91 Å². The van der Waals surface area contributed by atoms with E-state index in [1.54, 1.807) is 12.3 Å². The van der Waals surface area contributed by atoms with E-state index < -0.39 is 0 Å². The van der Waals surface area contributed by atoms with Crippen molar-refractivity contribution in [3.05, 3.63) is 34.2 Å². The van der Waals surface area contributed by atoms with E-state index in [1.165, 1.54) is 76.8 Å². The summed E-state index contributed by atoms with van der Waals surface area (Å²) in [5.41, 5.74) is 0.469. The van der Waals surface area contributed by atoms with Gasteiger partial charge in [0.15, 0.2) is 0 Å². The van der Waals surface area contributed by atoms with Crippen molar-refractivity contribution < 1.29 is 4.79 Å². The highest BCUT2D eigenvalue weighted by atomic mass is 16.2. The van der Waals surface area contributed by atoms with Gasteiger partial charge in [-0.1, -0.05) is 38.5 Å². The Morgan fingerprint density at radius 2 is 1.79 bits per heavy atom.